The highest BCUT2D eigenvalue weighted by atomic mass is 32.2. The third-order valence-electron chi connectivity index (χ3n) is 2.72. The summed E-state index contributed by atoms with van der Waals surface area (Å²) < 4.78 is 17.9. The van der Waals surface area contributed by atoms with Gasteiger partial charge in [0.1, 0.15) is 5.82 Å². The average Bonchev–Trinajstić information content (AvgIpc) is 2.40. The van der Waals surface area contributed by atoms with Crippen LogP contribution in [0.25, 0.3) is 0 Å². The van der Waals surface area contributed by atoms with E-state index >= 15 is 0 Å². The first-order chi connectivity index (χ1) is 9.13. The minimum absolute atomic E-state index is 0.166. The summed E-state index contributed by atoms with van der Waals surface area (Å²) in [5.74, 6) is 0.491. The van der Waals surface area contributed by atoms with Crippen molar-refractivity contribution in [2.24, 2.45) is 0 Å². The number of rotatable bonds is 8. The third-order valence-corrected chi connectivity index (χ3v) is 3.74. The van der Waals surface area contributed by atoms with Crippen LogP contribution in [0, 0.1) is 5.82 Å². The number of hydrogen-bond acceptors (Lipinski definition) is 4. The summed E-state index contributed by atoms with van der Waals surface area (Å²) in [4.78, 5) is 13.8. The number of thioether (sulfide) groups is 1. The molecule has 0 aromatic heterocycles. The zero-order valence-electron chi connectivity index (χ0n) is 11.4. The Labute approximate surface area is 118 Å². The molecule has 0 aliphatic heterocycles. The molecule has 0 amide bonds. The van der Waals surface area contributed by atoms with Gasteiger partial charge in [0.15, 0.2) is 0 Å². The van der Waals surface area contributed by atoms with Crippen LogP contribution in [0.5, 0.6) is 0 Å². The van der Waals surface area contributed by atoms with Gasteiger partial charge in [0, 0.05) is 23.6 Å². The van der Waals surface area contributed by atoms with Gasteiger partial charge >= 0.3 is 5.97 Å². The van der Waals surface area contributed by atoms with Crippen molar-refractivity contribution in [3.8, 4) is 0 Å². The lowest BCUT2D eigenvalue weighted by Gasteiger charge is -2.15. The van der Waals surface area contributed by atoms with Crippen LogP contribution in [-0.4, -0.2) is 43.9 Å². The van der Waals surface area contributed by atoms with Gasteiger partial charge in [-0.15, -0.1) is 11.8 Å². The van der Waals surface area contributed by atoms with Gasteiger partial charge in [-0.05, 0) is 32.1 Å². The second-order valence-electron chi connectivity index (χ2n) is 4.26. The van der Waals surface area contributed by atoms with Gasteiger partial charge < -0.3 is 9.64 Å². The van der Waals surface area contributed by atoms with Crippen LogP contribution < -0.4 is 0 Å². The molecule has 0 spiro atoms. The van der Waals surface area contributed by atoms with Crippen molar-refractivity contribution >= 4 is 17.7 Å². The second-order valence-corrected chi connectivity index (χ2v) is 5.40. The van der Waals surface area contributed by atoms with Crippen LogP contribution in [0.4, 0.5) is 4.39 Å². The SMILES string of the molecule is COC(=O)CCCN(C)CCSc1ccccc1F. The Hall–Kier alpha value is -1.07. The molecule has 106 valence electrons. The molecule has 0 heterocycles. The van der Waals surface area contributed by atoms with Crippen molar-refractivity contribution < 1.29 is 13.9 Å². The maximum Gasteiger partial charge on any atom is 0.305 e. The summed E-state index contributed by atoms with van der Waals surface area (Å²) in [5.41, 5.74) is 0. The predicted octanol–water partition coefficient (Wildman–Crippen LogP) is 2.80. The van der Waals surface area contributed by atoms with E-state index in [-0.39, 0.29) is 11.8 Å². The number of nitrogens with zero attached hydrogens (tertiary/aromatic N) is 1. The van der Waals surface area contributed by atoms with E-state index in [0.717, 1.165) is 25.3 Å². The Balaban J connectivity index is 2.15. The van der Waals surface area contributed by atoms with Gasteiger partial charge in [0.05, 0.1) is 7.11 Å². The summed E-state index contributed by atoms with van der Waals surface area (Å²) in [6.45, 7) is 1.70. The lowest BCUT2D eigenvalue weighted by Crippen LogP contribution is -2.23. The van der Waals surface area contributed by atoms with Gasteiger partial charge in [-0.1, -0.05) is 12.1 Å². The number of ether oxygens (including phenoxy) is 1. The van der Waals surface area contributed by atoms with Gasteiger partial charge in [0.2, 0.25) is 0 Å². The maximum atomic E-state index is 13.4. The van der Waals surface area contributed by atoms with Crippen LogP contribution in [0.1, 0.15) is 12.8 Å². The second kappa shape index (κ2) is 8.93. The van der Waals surface area contributed by atoms with Crippen LogP contribution >= 0.6 is 11.8 Å². The van der Waals surface area contributed by atoms with E-state index in [0.29, 0.717) is 11.3 Å². The predicted molar refractivity (Wildman–Crippen MR) is 75.9 cm³/mol. The fourth-order valence-corrected chi connectivity index (χ4v) is 2.58. The normalized spacial score (nSPS) is 10.7. The topological polar surface area (TPSA) is 29.5 Å². The third kappa shape index (κ3) is 6.59. The molecule has 0 saturated carbocycles. The van der Waals surface area contributed by atoms with E-state index in [1.165, 1.54) is 24.9 Å². The van der Waals surface area contributed by atoms with Gasteiger partial charge in [-0.25, -0.2) is 4.39 Å². The molecule has 0 atom stereocenters. The van der Waals surface area contributed by atoms with Crippen molar-refractivity contribution in [1.82, 2.24) is 4.90 Å². The van der Waals surface area contributed by atoms with Crippen molar-refractivity contribution in [2.45, 2.75) is 17.7 Å². The summed E-state index contributed by atoms with van der Waals surface area (Å²) in [7, 11) is 3.40. The minimum Gasteiger partial charge on any atom is -0.469 e. The summed E-state index contributed by atoms with van der Waals surface area (Å²) in [5, 5.41) is 0. The quantitative estimate of drug-likeness (QED) is 0.542. The smallest absolute Gasteiger partial charge is 0.305 e. The number of methoxy groups -OCH3 is 1. The Kier molecular flexibility index (Phi) is 7.52. The Bertz CT molecular complexity index is 401. The number of carbonyl (C=O) groups excluding carboxylic acids is 1. The van der Waals surface area contributed by atoms with Crippen molar-refractivity contribution in [1.29, 1.82) is 0 Å². The number of esters is 1. The van der Waals surface area contributed by atoms with E-state index in [9.17, 15) is 9.18 Å². The lowest BCUT2D eigenvalue weighted by atomic mass is 10.3. The molecule has 3 nitrogen and oxygen atoms in total. The van der Waals surface area contributed by atoms with Crippen molar-refractivity contribution in [3.05, 3.63) is 30.1 Å². The summed E-state index contributed by atoms with van der Waals surface area (Å²) >= 11 is 1.51. The van der Waals surface area contributed by atoms with Crippen LogP contribution in [0.3, 0.4) is 0 Å². The maximum absolute atomic E-state index is 13.4. The van der Waals surface area contributed by atoms with Gasteiger partial charge in [-0.2, -0.15) is 0 Å². The standard InChI is InChI=1S/C14H20FNO2S/c1-16(9-5-8-14(17)18-2)10-11-19-13-7-4-3-6-12(13)15/h3-4,6-7H,5,8-11H2,1-2H3. The fraction of sp³-hybridized carbons (Fsp3) is 0.500. The molecular formula is C14H20FNO2S. The largest absolute Gasteiger partial charge is 0.469 e. The number of carbonyl (C=O) groups is 1. The van der Waals surface area contributed by atoms with Crippen LogP contribution in [0.15, 0.2) is 29.2 Å². The zero-order chi connectivity index (χ0) is 14.1. The Morgan fingerprint density at radius 1 is 1.37 bits per heavy atom. The first-order valence-corrected chi connectivity index (χ1v) is 7.24. The average molecular weight is 285 g/mol. The summed E-state index contributed by atoms with van der Waals surface area (Å²) in [6, 6.07) is 6.80. The Morgan fingerprint density at radius 3 is 2.79 bits per heavy atom. The van der Waals surface area contributed by atoms with Crippen LogP contribution in [-0.2, 0) is 9.53 Å². The van der Waals surface area contributed by atoms with E-state index in [2.05, 4.69) is 9.64 Å². The molecule has 1 aromatic rings. The fourth-order valence-electron chi connectivity index (χ4n) is 1.58. The molecular weight excluding hydrogens is 265 g/mol. The molecule has 0 unspecified atom stereocenters. The van der Waals surface area contributed by atoms with E-state index in [1.807, 2.05) is 13.1 Å². The van der Waals surface area contributed by atoms with Crippen molar-refractivity contribution in [3.63, 3.8) is 0 Å². The number of benzene rings is 1. The molecule has 0 radical (unpaired) electrons. The van der Waals surface area contributed by atoms with E-state index < -0.39 is 0 Å². The molecule has 0 saturated heterocycles. The molecule has 0 aliphatic rings. The molecule has 0 fully saturated rings. The lowest BCUT2D eigenvalue weighted by molar-refractivity contribution is -0.140. The van der Waals surface area contributed by atoms with Gasteiger partial charge in [-0.3, -0.25) is 4.79 Å². The number of hydrogen-bond donors (Lipinski definition) is 0. The molecule has 0 aliphatic carbocycles. The summed E-state index contributed by atoms with van der Waals surface area (Å²) in [6.07, 6.45) is 1.23. The zero-order valence-corrected chi connectivity index (χ0v) is 12.2. The molecule has 5 heteroatoms. The van der Waals surface area contributed by atoms with Crippen LogP contribution in [0.2, 0.25) is 0 Å². The molecule has 19 heavy (non-hydrogen) atoms. The highest BCUT2D eigenvalue weighted by molar-refractivity contribution is 7.99. The van der Waals surface area contributed by atoms with E-state index in [4.69, 9.17) is 0 Å². The van der Waals surface area contributed by atoms with E-state index in [1.54, 1.807) is 12.1 Å². The molecule has 0 bridgehead atoms. The first-order valence-electron chi connectivity index (χ1n) is 6.26. The minimum atomic E-state index is -0.172. The molecule has 1 aromatic carbocycles. The van der Waals surface area contributed by atoms with Gasteiger partial charge in [0.25, 0.3) is 0 Å². The monoisotopic (exact) mass is 285 g/mol. The molecule has 1 rings (SSSR count). The first kappa shape index (κ1) is 16.0. The number of halogens is 1. The highest BCUT2D eigenvalue weighted by Gasteiger charge is 2.04. The highest BCUT2D eigenvalue weighted by Crippen LogP contribution is 2.20. The van der Waals surface area contributed by atoms with Crippen molar-refractivity contribution in [2.75, 3.05) is 33.0 Å². The Morgan fingerprint density at radius 2 is 2.11 bits per heavy atom. The molecule has 0 N–H and O–H groups in total.